The van der Waals surface area contributed by atoms with Crippen LogP contribution in [0.2, 0.25) is 0 Å². The summed E-state index contributed by atoms with van der Waals surface area (Å²) in [5.74, 6) is 0.119. The van der Waals surface area contributed by atoms with Crippen molar-refractivity contribution in [3.63, 3.8) is 0 Å². The van der Waals surface area contributed by atoms with Crippen molar-refractivity contribution in [3.05, 3.63) is 35.9 Å². The van der Waals surface area contributed by atoms with Crippen LogP contribution in [0, 0.1) is 0 Å². The zero-order valence-corrected chi connectivity index (χ0v) is 10.6. The summed E-state index contributed by atoms with van der Waals surface area (Å²) in [6.45, 7) is 3.90. The molecule has 3 heteroatoms. The van der Waals surface area contributed by atoms with E-state index in [1.54, 1.807) is 6.92 Å². The number of hydrogen-bond acceptors (Lipinski definition) is 2. The maximum atomic E-state index is 11.4. The number of carboxylic acid groups (broad SMARTS) is 1. The Morgan fingerprint density at radius 3 is 2.50 bits per heavy atom. The molecular weight excluding hydrogens is 220 g/mol. The van der Waals surface area contributed by atoms with Gasteiger partial charge in [-0.25, -0.2) is 0 Å². The lowest BCUT2D eigenvalue weighted by molar-refractivity contribution is -0.139. The number of unbranched alkanes of at least 4 members (excludes halogenated alkanes) is 1. The first-order valence-electron chi connectivity index (χ1n) is 5.54. The number of rotatable bonds is 6. The topological polar surface area (TPSA) is 37.3 Å². The van der Waals surface area contributed by atoms with E-state index < -0.39 is 10.7 Å². The van der Waals surface area contributed by atoms with E-state index in [9.17, 15) is 9.90 Å². The van der Waals surface area contributed by atoms with E-state index in [2.05, 4.69) is 6.92 Å². The molecule has 1 aromatic rings. The summed E-state index contributed by atoms with van der Waals surface area (Å²) < 4.78 is -0.823. The van der Waals surface area contributed by atoms with E-state index in [-0.39, 0.29) is 0 Å². The molecular formula is C13H18O2S. The summed E-state index contributed by atoms with van der Waals surface area (Å²) in [5.41, 5.74) is 0.864. The standard InChI is InChI=1S/C13H18O2S/c1-3-4-10-16-13(2,12(14)15)11-8-6-5-7-9-11/h5-9H,3-4,10H2,1-2H3,(H,14,15). The Labute approximate surface area is 101 Å². The van der Waals surface area contributed by atoms with Gasteiger partial charge in [0.15, 0.2) is 0 Å². The lowest BCUT2D eigenvalue weighted by Crippen LogP contribution is -2.29. The first-order valence-corrected chi connectivity index (χ1v) is 6.52. The van der Waals surface area contributed by atoms with Gasteiger partial charge in [0.05, 0.1) is 0 Å². The van der Waals surface area contributed by atoms with E-state index in [4.69, 9.17) is 0 Å². The molecule has 1 unspecified atom stereocenters. The van der Waals surface area contributed by atoms with Crippen molar-refractivity contribution in [2.45, 2.75) is 31.4 Å². The van der Waals surface area contributed by atoms with Gasteiger partial charge >= 0.3 is 5.97 Å². The van der Waals surface area contributed by atoms with Crippen LogP contribution in [0.25, 0.3) is 0 Å². The molecule has 0 radical (unpaired) electrons. The van der Waals surface area contributed by atoms with Crippen molar-refractivity contribution in [1.29, 1.82) is 0 Å². The van der Waals surface area contributed by atoms with Crippen LogP contribution in [-0.2, 0) is 9.54 Å². The fourth-order valence-corrected chi connectivity index (χ4v) is 2.71. The highest BCUT2D eigenvalue weighted by Gasteiger charge is 2.35. The second-order valence-electron chi connectivity index (χ2n) is 3.91. The van der Waals surface area contributed by atoms with E-state index in [1.165, 1.54) is 11.8 Å². The average molecular weight is 238 g/mol. The zero-order valence-electron chi connectivity index (χ0n) is 9.77. The molecule has 88 valence electrons. The first kappa shape index (κ1) is 13.1. The summed E-state index contributed by atoms with van der Waals surface area (Å²) in [6, 6.07) is 9.44. The molecule has 0 aliphatic rings. The van der Waals surface area contributed by atoms with E-state index in [0.29, 0.717) is 0 Å². The van der Waals surface area contributed by atoms with Crippen LogP contribution in [0.15, 0.2) is 30.3 Å². The van der Waals surface area contributed by atoms with E-state index >= 15 is 0 Å². The van der Waals surface area contributed by atoms with Crippen molar-refractivity contribution < 1.29 is 9.90 Å². The molecule has 0 amide bonds. The third-order valence-electron chi connectivity index (χ3n) is 2.62. The molecule has 0 aliphatic heterocycles. The maximum Gasteiger partial charge on any atom is 0.324 e. The summed E-state index contributed by atoms with van der Waals surface area (Å²) in [4.78, 5) is 11.4. The highest BCUT2D eigenvalue weighted by molar-refractivity contribution is 8.00. The Hall–Kier alpha value is -0.960. The molecule has 1 N–H and O–H groups in total. The normalized spacial score (nSPS) is 14.4. The van der Waals surface area contributed by atoms with Crippen LogP contribution in [0.4, 0.5) is 0 Å². The van der Waals surface area contributed by atoms with Crippen LogP contribution in [-0.4, -0.2) is 16.8 Å². The Balaban J connectivity index is 2.85. The number of benzene rings is 1. The largest absolute Gasteiger partial charge is 0.480 e. The van der Waals surface area contributed by atoms with Crippen molar-refractivity contribution in [2.75, 3.05) is 5.75 Å². The van der Waals surface area contributed by atoms with Crippen LogP contribution in [0.5, 0.6) is 0 Å². The molecule has 0 fully saturated rings. The molecule has 0 heterocycles. The van der Waals surface area contributed by atoms with Gasteiger partial charge in [-0.2, -0.15) is 0 Å². The van der Waals surface area contributed by atoms with E-state index in [0.717, 1.165) is 24.2 Å². The molecule has 0 saturated carbocycles. The summed E-state index contributed by atoms with van der Waals surface area (Å²) in [6.07, 6.45) is 2.15. The van der Waals surface area contributed by atoms with Gasteiger partial charge in [-0.3, -0.25) is 4.79 Å². The number of thioether (sulfide) groups is 1. The molecule has 0 spiro atoms. The third kappa shape index (κ3) is 3.01. The molecule has 1 rings (SSSR count). The highest BCUT2D eigenvalue weighted by atomic mass is 32.2. The number of aliphatic carboxylic acids is 1. The van der Waals surface area contributed by atoms with Crippen molar-refractivity contribution in [3.8, 4) is 0 Å². The SMILES string of the molecule is CCCCSC(C)(C(=O)O)c1ccccc1. The van der Waals surface area contributed by atoms with Gasteiger partial charge in [-0.1, -0.05) is 43.7 Å². The second-order valence-corrected chi connectivity index (χ2v) is 5.42. The van der Waals surface area contributed by atoms with Crippen molar-refractivity contribution in [2.24, 2.45) is 0 Å². The van der Waals surface area contributed by atoms with Gasteiger partial charge in [0, 0.05) is 0 Å². The van der Waals surface area contributed by atoms with Gasteiger partial charge in [-0.15, -0.1) is 11.8 Å². The lowest BCUT2D eigenvalue weighted by atomic mass is 10.0. The molecule has 0 aliphatic carbocycles. The van der Waals surface area contributed by atoms with Gasteiger partial charge < -0.3 is 5.11 Å². The Morgan fingerprint density at radius 2 is 2.00 bits per heavy atom. The predicted octanol–water partition coefficient (Wildman–Crippen LogP) is 3.52. The van der Waals surface area contributed by atoms with E-state index in [1.807, 2.05) is 30.3 Å². The first-order chi connectivity index (χ1) is 7.61. The fourth-order valence-electron chi connectivity index (χ4n) is 1.45. The minimum Gasteiger partial charge on any atom is -0.480 e. The lowest BCUT2D eigenvalue weighted by Gasteiger charge is -2.24. The Kier molecular flexibility index (Phi) is 4.87. The number of carbonyl (C=O) groups is 1. The molecule has 1 atom stereocenters. The molecule has 0 aromatic heterocycles. The fraction of sp³-hybridized carbons (Fsp3) is 0.462. The van der Waals surface area contributed by atoms with Gasteiger partial charge in [0.25, 0.3) is 0 Å². The quantitative estimate of drug-likeness (QED) is 0.770. The smallest absolute Gasteiger partial charge is 0.324 e. The average Bonchev–Trinajstić information content (AvgIpc) is 2.30. The summed E-state index contributed by atoms with van der Waals surface area (Å²) in [7, 11) is 0. The molecule has 2 nitrogen and oxygen atoms in total. The second kappa shape index (κ2) is 5.94. The van der Waals surface area contributed by atoms with Gasteiger partial charge in [0.2, 0.25) is 0 Å². The molecule has 1 aromatic carbocycles. The molecule has 0 saturated heterocycles. The number of carboxylic acids is 1. The predicted molar refractivity (Wildman–Crippen MR) is 68.8 cm³/mol. The van der Waals surface area contributed by atoms with Crippen LogP contribution in [0.1, 0.15) is 32.3 Å². The highest BCUT2D eigenvalue weighted by Crippen LogP contribution is 2.36. The minimum atomic E-state index is -0.823. The summed E-state index contributed by atoms with van der Waals surface area (Å²) in [5, 5.41) is 9.36. The summed E-state index contributed by atoms with van der Waals surface area (Å²) >= 11 is 1.51. The Bertz CT molecular complexity index is 337. The van der Waals surface area contributed by atoms with Crippen LogP contribution >= 0.6 is 11.8 Å². The van der Waals surface area contributed by atoms with Gasteiger partial charge in [0.1, 0.15) is 4.75 Å². The van der Waals surface area contributed by atoms with Crippen LogP contribution in [0.3, 0.4) is 0 Å². The molecule has 16 heavy (non-hydrogen) atoms. The monoisotopic (exact) mass is 238 g/mol. The van der Waals surface area contributed by atoms with Crippen LogP contribution < -0.4 is 0 Å². The Morgan fingerprint density at radius 1 is 1.38 bits per heavy atom. The third-order valence-corrected chi connectivity index (χ3v) is 4.10. The number of hydrogen-bond donors (Lipinski definition) is 1. The minimum absolute atomic E-state index is 0.764. The van der Waals surface area contributed by atoms with Gasteiger partial charge in [-0.05, 0) is 24.7 Å². The van der Waals surface area contributed by atoms with Crippen molar-refractivity contribution >= 4 is 17.7 Å². The zero-order chi connectivity index (χ0) is 12.0. The van der Waals surface area contributed by atoms with Crippen molar-refractivity contribution in [1.82, 2.24) is 0 Å². The maximum absolute atomic E-state index is 11.4. The molecule has 0 bridgehead atoms.